The molecule has 3 aromatic heterocycles. The third-order valence-corrected chi connectivity index (χ3v) is 3.90. The van der Waals surface area contributed by atoms with Gasteiger partial charge in [0.25, 0.3) is 0 Å². The standard InChI is InChI=1S/C12H11BrN6S/c1-2-14-12-18-10-9(16-6-17-10)11(19-12)20-8-4-3-7(13)5-15-8/h3-6H,2H2,1H3,(H2,14,16,17,18,19). The Morgan fingerprint density at radius 1 is 1.30 bits per heavy atom. The number of halogens is 1. The van der Waals surface area contributed by atoms with E-state index >= 15 is 0 Å². The van der Waals surface area contributed by atoms with Crippen LogP contribution in [0.5, 0.6) is 0 Å². The summed E-state index contributed by atoms with van der Waals surface area (Å²) in [5, 5.41) is 4.78. The van der Waals surface area contributed by atoms with Crippen LogP contribution < -0.4 is 5.32 Å². The first-order chi connectivity index (χ1) is 9.76. The number of nitrogens with one attached hydrogen (secondary N) is 2. The summed E-state index contributed by atoms with van der Waals surface area (Å²) in [5.41, 5.74) is 1.47. The molecule has 3 heterocycles. The Morgan fingerprint density at radius 3 is 2.95 bits per heavy atom. The van der Waals surface area contributed by atoms with Gasteiger partial charge in [-0.2, -0.15) is 4.98 Å². The van der Waals surface area contributed by atoms with E-state index in [-0.39, 0.29) is 0 Å². The van der Waals surface area contributed by atoms with Crippen molar-refractivity contribution < 1.29 is 0 Å². The lowest BCUT2D eigenvalue weighted by atomic mass is 10.5. The Morgan fingerprint density at radius 2 is 2.20 bits per heavy atom. The summed E-state index contributed by atoms with van der Waals surface area (Å²) >= 11 is 4.85. The van der Waals surface area contributed by atoms with Crippen LogP contribution in [0.4, 0.5) is 5.95 Å². The number of H-pyrrole nitrogens is 1. The predicted octanol–water partition coefficient (Wildman–Crippen LogP) is 3.09. The number of hydrogen-bond donors (Lipinski definition) is 2. The summed E-state index contributed by atoms with van der Waals surface area (Å²) in [4.78, 5) is 20.4. The van der Waals surface area contributed by atoms with Crippen molar-refractivity contribution in [3.05, 3.63) is 29.1 Å². The Bertz CT molecular complexity index is 726. The first kappa shape index (κ1) is 13.3. The Balaban J connectivity index is 2.00. The zero-order valence-corrected chi connectivity index (χ0v) is 13.0. The van der Waals surface area contributed by atoms with Crippen LogP contribution in [-0.2, 0) is 0 Å². The Labute approximate surface area is 128 Å². The maximum Gasteiger partial charge on any atom is 0.225 e. The maximum atomic E-state index is 4.50. The highest BCUT2D eigenvalue weighted by atomic mass is 79.9. The minimum atomic E-state index is 0.576. The fourth-order valence-corrected chi connectivity index (χ4v) is 2.70. The highest BCUT2D eigenvalue weighted by Gasteiger charge is 2.11. The molecule has 20 heavy (non-hydrogen) atoms. The molecule has 0 aliphatic carbocycles. The van der Waals surface area contributed by atoms with Gasteiger partial charge >= 0.3 is 0 Å². The van der Waals surface area contributed by atoms with Gasteiger partial charge in [-0.15, -0.1) is 0 Å². The molecule has 0 radical (unpaired) electrons. The molecular formula is C12H11BrN6S. The van der Waals surface area contributed by atoms with E-state index in [1.165, 1.54) is 11.8 Å². The zero-order chi connectivity index (χ0) is 13.9. The lowest BCUT2D eigenvalue weighted by Crippen LogP contribution is -2.03. The van der Waals surface area contributed by atoms with Crippen LogP contribution in [0.25, 0.3) is 11.2 Å². The van der Waals surface area contributed by atoms with E-state index < -0.39 is 0 Å². The summed E-state index contributed by atoms with van der Waals surface area (Å²) < 4.78 is 0.949. The number of aromatic amines is 1. The average Bonchev–Trinajstić information content (AvgIpc) is 2.90. The van der Waals surface area contributed by atoms with Crippen LogP contribution >= 0.6 is 27.7 Å². The quantitative estimate of drug-likeness (QED) is 0.703. The molecule has 0 amide bonds. The third kappa shape index (κ3) is 2.75. The van der Waals surface area contributed by atoms with Crippen LogP contribution in [-0.4, -0.2) is 31.5 Å². The van der Waals surface area contributed by atoms with Crippen LogP contribution in [0.1, 0.15) is 6.92 Å². The first-order valence-corrected chi connectivity index (χ1v) is 7.61. The zero-order valence-electron chi connectivity index (χ0n) is 10.6. The van der Waals surface area contributed by atoms with Crippen LogP contribution in [0.2, 0.25) is 0 Å². The SMILES string of the molecule is CCNc1nc(Sc2ccc(Br)cn2)c2[nH]cnc2n1. The molecule has 0 saturated heterocycles. The summed E-state index contributed by atoms with van der Waals surface area (Å²) in [6.07, 6.45) is 3.38. The molecule has 102 valence electrons. The Hall–Kier alpha value is -1.67. The number of nitrogens with zero attached hydrogens (tertiary/aromatic N) is 4. The number of rotatable bonds is 4. The van der Waals surface area contributed by atoms with Gasteiger partial charge in [-0.25, -0.2) is 15.0 Å². The number of aromatic nitrogens is 5. The van der Waals surface area contributed by atoms with Crippen molar-refractivity contribution in [1.29, 1.82) is 0 Å². The molecule has 0 aliphatic heterocycles. The van der Waals surface area contributed by atoms with E-state index in [2.05, 4.69) is 46.2 Å². The minimum absolute atomic E-state index is 0.576. The van der Waals surface area contributed by atoms with Gasteiger partial charge in [-0.3, -0.25) is 0 Å². The van der Waals surface area contributed by atoms with Gasteiger partial charge in [0.05, 0.1) is 6.33 Å². The third-order valence-electron chi connectivity index (χ3n) is 2.49. The van der Waals surface area contributed by atoms with Crippen molar-refractivity contribution >= 4 is 44.8 Å². The summed E-state index contributed by atoms with van der Waals surface area (Å²) in [6, 6.07) is 3.89. The van der Waals surface area contributed by atoms with Crippen molar-refractivity contribution in [2.45, 2.75) is 17.0 Å². The van der Waals surface area contributed by atoms with Crippen molar-refractivity contribution in [1.82, 2.24) is 24.9 Å². The number of imidazole rings is 1. The topological polar surface area (TPSA) is 79.4 Å². The molecule has 0 spiro atoms. The molecule has 8 heteroatoms. The molecule has 3 aromatic rings. The number of fused-ring (bicyclic) bond motifs is 1. The van der Waals surface area contributed by atoms with Gasteiger partial charge in [0, 0.05) is 17.2 Å². The second-order valence-corrected chi connectivity index (χ2v) is 5.83. The predicted molar refractivity (Wildman–Crippen MR) is 81.9 cm³/mol. The molecule has 6 nitrogen and oxygen atoms in total. The van der Waals surface area contributed by atoms with Crippen molar-refractivity contribution in [3.63, 3.8) is 0 Å². The van der Waals surface area contributed by atoms with Crippen LogP contribution in [0, 0.1) is 0 Å². The van der Waals surface area contributed by atoms with Crippen LogP contribution in [0.3, 0.4) is 0 Å². The number of pyridine rings is 1. The second kappa shape index (κ2) is 5.76. The minimum Gasteiger partial charge on any atom is -0.354 e. The van der Waals surface area contributed by atoms with Gasteiger partial charge < -0.3 is 10.3 Å². The van der Waals surface area contributed by atoms with Crippen molar-refractivity contribution in [2.24, 2.45) is 0 Å². The summed E-state index contributed by atoms with van der Waals surface area (Å²) in [7, 11) is 0. The Kier molecular flexibility index (Phi) is 3.83. The summed E-state index contributed by atoms with van der Waals surface area (Å²) in [6.45, 7) is 2.76. The highest BCUT2D eigenvalue weighted by Crippen LogP contribution is 2.30. The first-order valence-electron chi connectivity index (χ1n) is 6.00. The molecule has 0 unspecified atom stereocenters. The number of hydrogen-bond acceptors (Lipinski definition) is 6. The highest BCUT2D eigenvalue weighted by molar-refractivity contribution is 9.10. The summed E-state index contributed by atoms with van der Waals surface area (Å²) in [5.74, 6) is 0.576. The van der Waals surface area contributed by atoms with E-state index in [0.29, 0.717) is 11.6 Å². The van der Waals surface area contributed by atoms with Gasteiger partial charge in [0.2, 0.25) is 5.95 Å². The lowest BCUT2D eigenvalue weighted by Gasteiger charge is -2.05. The van der Waals surface area contributed by atoms with Crippen molar-refractivity contribution in [2.75, 3.05) is 11.9 Å². The monoisotopic (exact) mass is 350 g/mol. The molecule has 0 fully saturated rings. The molecule has 0 atom stereocenters. The lowest BCUT2D eigenvalue weighted by molar-refractivity contribution is 1.03. The van der Waals surface area contributed by atoms with E-state index in [0.717, 1.165) is 26.6 Å². The second-order valence-electron chi connectivity index (χ2n) is 3.90. The smallest absolute Gasteiger partial charge is 0.225 e. The fourth-order valence-electron chi connectivity index (χ4n) is 1.64. The van der Waals surface area contributed by atoms with Crippen molar-refractivity contribution in [3.8, 4) is 0 Å². The average molecular weight is 351 g/mol. The van der Waals surface area contributed by atoms with Gasteiger partial charge in [0.15, 0.2) is 5.65 Å². The molecule has 0 aliphatic rings. The molecular weight excluding hydrogens is 340 g/mol. The molecule has 3 rings (SSSR count). The molecule has 2 N–H and O–H groups in total. The van der Waals surface area contributed by atoms with Gasteiger partial charge in [0.1, 0.15) is 15.6 Å². The number of anilines is 1. The van der Waals surface area contributed by atoms with E-state index in [9.17, 15) is 0 Å². The van der Waals surface area contributed by atoms with E-state index in [4.69, 9.17) is 0 Å². The maximum absolute atomic E-state index is 4.50. The largest absolute Gasteiger partial charge is 0.354 e. The van der Waals surface area contributed by atoms with E-state index in [1.54, 1.807) is 12.5 Å². The molecule has 0 bridgehead atoms. The normalized spacial score (nSPS) is 10.9. The molecule has 0 aromatic carbocycles. The molecule has 0 saturated carbocycles. The fraction of sp³-hybridized carbons (Fsp3) is 0.167. The van der Waals surface area contributed by atoms with E-state index in [1.807, 2.05) is 19.1 Å². The van der Waals surface area contributed by atoms with Crippen LogP contribution in [0.15, 0.2) is 39.2 Å². The van der Waals surface area contributed by atoms with Gasteiger partial charge in [-0.05, 0) is 46.7 Å². The van der Waals surface area contributed by atoms with Gasteiger partial charge in [-0.1, -0.05) is 0 Å².